The molecule has 1 aromatic carbocycles. The third-order valence-electron chi connectivity index (χ3n) is 2.70. The van der Waals surface area contributed by atoms with Crippen molar-refractivity contribution in [2.24, 2.45) is 0 Å². The number of hydrogen-bond donors (Lipinski definition) is 1. The van der Waals surface area contributed by atoms with Crippen molar-refractivity contribution < 1.29 is 4.74 Å². The van der Waals surface area contributed by atoms with E-state index in [0.29, 0.717) is 10.8 Å². The molecule has 0 spiro atoms. The van der Waals surface area contributed by atoms with Crippen molar-refractivity contribution in [2.45, 2.75) is 6.04 Å². The molecule has 18 heavy (non-hydrogen) atoms. The van der Waals surface area contributed by atoms with Crippen molar-refractivity contribution in [3.8, 4) is 5.75 Å². The first-order valence-corrected chi connectivity index (χ1v) is 7.46. The number of ether oxygens (including phenoxy) is 1. The van der Waals surface area contributed by atoms with Crippen LogP contribution in [0.3, 0.4) is 0 Å². The van der Waals surface area contributed by atoms with Gasteiger partial charge in [-0.2, -0.15) is 0 Å². The summed E-state index contributed by atoms with van der Waals surface area (Å²) in [7, 11) is 3.56. The molecule has 2 aromatic rings. The van der Waals surface area contributed by atoms with Crippen LogP contribution in [0.4, 0.5) is 0 Å². The molecule has 5 heteroatoms. The fourth-order valence-corrected chi connectivity index (χ4v) is 3.83. The van der Waals surface area contributed by atoms with Crippen molar-refractivity contribution in [2.75, 3.05) is 14.2 Å². The van der Waals surface area contributed by atoms with Crippen LogP contribution in [-0.2, 0) is 0 Å². The zero-order chi connectivity index (χ0) is 13.1. The highest BCUT2D eigenvalue weighted by Gasteiger charge is 2.17. The van der Waals surface area contributed by atoms with Crippen LogP contribution >= 0.6 is 38.9 Å². The average molecular weight is 347 g/mol. The van der Waals surface area contributed by atoms with Gasteiger partial charge in [0, 0.05) is 9.35 Å². The Kier molecular flexibility index (Phi) is 4.67. The van der Waals surface area contributed by atoms with E-state index < -0.39 is 0 Å². The molecule has 1 aromatic heterocycles. The largest absolute Gasteiger partial charge is 0.495 e. The van der Waals surface area contributed by atoms with Crippen molar-refractivity contribution in [3.05, 3.63) is 49.6 Å². The first kappa shape index (κ1) is 13.9. The zero-order valence-corrected chi connectivity index (χ0v) is 13.2. The third-order valence-corrected chi connectivity index (χ3v) is 4.94. The second-order valence-corrected chi connectivity index (χ2v) is 5.96. The quantitative estimate of drug-likeness (QED) is 0.881. The van der Waals surface area contributed by atoms with Gasteiger partial charge in [0.25, 0.3) is 0 Å². The molecule has 0 aliphatic heterocycles. The van der Waals surface area contributed by atoms with Crippen LogP contribution in [-0.4, -0.2) is 14.2 Å². The van der Waals surface area contributed by atoms with Crippen molar-refractivity contribution in [1.29, 1.82) is 0 Å². The number of methoxy groups -OCH3 is 1. The zero-order valence-electron chi connectivity index (χ0n) is 10.0. The number of benzene rings is 1. The van der Waals surface area contributed by atoms with Crippen LogP contribution in [0.5, 0.6) is 5.75 Å². The molecule has 2 nitrogen and oxygen atoms in total. The average Bonchev–Trinajstić information content (AvgIpc) is 2.77. The third kappa shape index (κ3) is 2.72. The van der Waals surface area contributed by atoms with Crippen LogP contribution in [0.15, 0.2) is 34.1 Å². The lowest BCUT2D eigenvalue weighted by Gasteiger charge is -2.17. The van der Waals surface area contributed by atoms with Crippen LogP contribution in [0.25, 0.3) is 0 Å². The molecule has 0 aliphatic rings. The molecule has 2 rings (SSSR count). The number of halogens is 2. The predicted octanol–water partition coefficient (Wildman–Crippen LogP) is 4.48. The van der Waals surface area contributed by atoms with Gasteiger partial charge < -0.3 is 10.1 Å². The van der Waals surface area contributed by atoms with E-state index in [4.69, 9.17) is 16.3 Å². The maximum atomic E-state index is 6.17. The minimum absolute atomic E-state index is 0.128. The van der Waals surface area contributed by atoms with Gasteiger partial charge in [0.1, 0.15) is 5.75 Å². The van der Waals surface area contributed by atoms with Gasteiger partial charge in [-0.05, 0) is 52.1 Å². The normalized spacial score (nSPS) is 12.4. The lowest BCUT2D eigenvalue weighted by Crippen LogP contribution is -2.16. The summed E-state index contributed by atoms with van der Waals surface area (Å²) in [5, 5.41) is 6.00. The highest BCUT2D eigenvalue weighted by molar-refractivity contribution is 9.10. The Labute approximate surface area is 124 Å². The van der Waals surface area contributed by atoms with Gasteiger partial charge in [0.2, 0.25) is 0 Å². The van der Waals surface area contributed by atoms with E-state index in [1.165, 1.54) is 4.88 Å². The first-order valence-electron chi connectivity index (χ1n) is 5.41. The summed E-state index contributed by atoms with van der Waals surface area (Å²) in [4.78, 5) is 1.23. The maximum absolute atomic E-state index is 6.17. The van der Waals surface area contributed by atoms with Gasteiger partial charge in [-0.15, -0.1) is 11.3 Å². The van der Waals surface area contributed by atoms with E-state index in [2.05, 4.69) is 32.7 Å². The lowest BCUT2D eigenvalue weighted by atomic mass is 10.1. The molecule has 0 aliphatic carbocycles. The number of nitrogens with one attached hydrogen (secondary N) is 1. The Balaban J connectivity index is 2.40. The smallest absolute Gasteiger partial charge is 0.137 e. The van der Waals surface area contributed by atoms with Gasteiger partial charge in [-0.25, -0.2) is 0 Å². The molecule has 1 unspecified atom stereocenters. The summed E-state index contributed by atoms with van der Waals surface area (Å²) in [6.07, 6.45) is 0. The van der Waals surface area contributed by atoms with Crippen molar-refractivity contribution in [1.82, 2.24) is 5.32 Å². The molecule has 0 fully saturated rings. The van der Waals surface area contributed by atoms with E-state index in [1.807, 2.05) is 25.2 Å². The Morgan fingerprint density at radius 2 is 2.17 bits per heavy atom. The minimum Gasteiger partial charge on any atom is -0.495 e. The number of thiophene rings is 1. The SMILES string of the molecule is CNC(c1ccc(OC)c(Cl)c1)c1sccc1Br. The van der Waals surface area contributed by atoms with Crippen molar-refractivity contribution in [3.63, 3.8) is 0 Å². The summed E-state index contributed by atoms with van der Waals surface area (Å²) in [6, 6.07) is 8.04. The molecule has 1 atom stereocenters. The van der Waals surface area contributed by atoms with E-state index >= 15 is 0 Å². The van der Waals surface area contributed by atoms with E-state index in [0.717, 1.165) is 10.0 Å². The maximum Gasteiger partial charge on any atom is 0.137 e. The van der Waals surface area contributed by atoms with Crippen LogP contribution < -0.4 is 10.1 Å². The monoisotopic (exact) mass is 345 g/mol. The van der Waals surface area contributed by atoms with Gasteiger partial charge in [-0.3, -0.25) is 0 Å². The molecule has 0 saturated carbocycles. The van der Waals surface area contributed by atoms with Gasteiger partial charge in [0.05, 0.1) is 18.2 Å². The predicted molar refractivity (Wildman–Crippen MR) is 80.9 cm³/mol. The molecule has 1 N–H and O–H groups in total. The molecule has 0 saturated heterocycles. The number of hydrogen-bond acceptors (Lipinski definition) is 3. The van der Waals surface area contributed by atoms with Gasteiger partial charge in [0.15, 0.2) is 0 Å². The Morgan fingerprint density at radius 1 is 1.39 bits per heavy atom. The topological polar surface area (TPSA) is 21.3 Å². The fourth-order valence-electron chi connectivity index (χ4n) is 1.82. The van der Waals surface area contributed by atoms with Gasteiger partial charge >= 0.3 is 0 Å². The molecule has 0 bridgehead atoms. The summed E-state index contributed by atoms with van der Waals surface area (Å²) in [5.41, 5.74) is 1.12. The van der Waals surface area contributed by atoms with E-state index in [9.17, 15) is 0 Å². The lowest BCUT2D eigenvalue weighted by molar-refractivity contribution is 0.414. The van der Waals surface area contributed by atoms with Gasteiger partial charge in [-0.1, -0.05) is 17.7 Å². The molecule has 1 heterocycles. The molecular formula is C13H13BrClNOS. The first-order chi connectivity index (χ1) is 8.67. The molecule has 0 radical (unpaired) electrons. The minimum atomic E-state index is 0.128. The van der Waals surface area contributed by atoms with E-state index in [1.54, 1.807) is 18.4 Å². The Hall–Kier alpha value is -0.550. The Morgan fingerprint density at radius 3 is 2.67 bits per heavy atom. The van der Waals surface area contributed by atoms with E-state index in [-0.39, 0.29) is 6.04 Å². The fraction of sp³-hybridized carbons (Fsp3) is 0.231. The number of rotatable bonds is 4. The summed E-state index contributed by atoms with van der Waals surface area (Å²) in [6.45, 7) is 0. The Bertz CT molecular complexity index is 544. The van der Waals surface area contributed by atoms with Crippen LogP contribution in [0.1, 0.15) is 16.5 Å². The van der Waals surface area contributed by atoms with Crippen molar-refractivity contribution >= 4 is 38.9 Å². The molecule has 96 valence electrons. The molecule has 0 amide bonds. The highest BCUT2D eigenvalue weighted by atomic mass is 79.9. The summed E-state index contributed by atoms with van der Waals surface area (Å²) >= 11 is 11.4. The second-order valence-electron chi connectivity index (χ2n) is 3.75. The standard InChI is InChI=1S/C13H13BrClNOS/c1-16-12(13-9(14)5-6-18-13)8-3-4-11(17-2)10(15)7-8/h3-7,12,16H,1-2H3. The second kappa shape index (κ2) is 6.06. The summed E-state index contributed by atoms with van der Waals surface area (Å²) in [5.74, 6) is 0.695. The van der Waals surface area contributed by atoms with Crippen LogP contribution in [0.2, 0.25) is 5.02 Å². The summed E-state index contributed by atoms with van der Waals surface area (Å²) < 4.78 is 6.28. The van der Waals surface area contributed by atoms with Crippen LogP contribution in [0, 0.1) is 0 Å². The molecular weight excluding hydrogens is 334 g/mol. The highest BCUT2D eigenvalue weighted by Crippen LogP contribution is 2.35.